The standard InChI is InChI=1S/C17H15.C4H10N.C2H6Si.2ClH.Ti/c1-12-6-8-14(9-7-12)16-5-3-4-15-10-13(2)11-17(15)16;1-4(2,3)5;1-3-2;;;/h3-11H,1-2H3;5H,1-3H3;1-2H3;2*1H;/q2*-1;;;;+2/p-2. The van der Waals surface area contributed by atoms with Crippen LogP contribution in [0.2, 0.25) is 13.1 Å². The summed E-state index contributed by atoms with van der Waals surface area (Å²) in [5.41, 5.74) is 12.0. The Labute approximate surface area is 185 Å². The molecule has 0 spiro atoms. The number of nitrogens with one attached hydrogen (secondary N) is 1. The Morgan fingerprint density at radius 3 is 1.93 bits per heavy atom. The topological polar surface area (TPSA) is 23.8 Å². The zero-order valence-corrected chi connectivity index (χ0v) is 22.0. The fourth-order valence-electron chi connectivity index (χ4n) is 2.37. The van der Waals surface area contributed by atoms with Gasteiger partial charge in [0.2, 0.25) is 0 Å². The van der Waals surface area contributed by atoms with E-state index in [0.717, 1.165) is 0 Å². The number of benzene rings is 2. The molecule has 0 saturated heterocycles. The molecule has 0 aromatic heterocycles. The summed E-state index contributed by atoms with van der Waals surface area (Å²) >= 11 is -1.42. The average molecular weight is 468 g/mol. The minimum absolute atomic E-state index is 0.250. The Bertz CT molecular complexity index is 898. The zero-order chi connectivity index (χ0) is 21.5. The van der Waals surface area contributed by atoms with E-state index in [1.54, 1.807) is 0 Å². The average Bonchev–Trinajstić information content (AvgIpc) is 2.94. The second kappa shape index (κ2) is 11.6. The van der Waals surface area contributed by atoms with Gasteiger partial charge < -0.3 is 5.73 Å². The molecule has 3 aromatic rings. The van der Waals surface area contributed by atoms with Crippen molar-refractivity contribution in [3.63, 3.8) is 0 Å². The Kier molecular flexibility index (Phi) is 10.6. The summed E-state index contributed by atoms with van der Waals surface area (Å²) in [6, 6.07) is 19.8. The van der Waals surface area contributed by atoms with E-state index in [0.29, 0.717) is 0 Å². The van der Waals surface area contributed by atoms with E-state index in [1.165, 1.54) is 33.0 Å². The van der Waals surface area contributed by atoms with Crippen LogP contribution in [0.25, 0.3) is 27.6 Å². The van der Waals surface area contributed by atoms with Crippen molar-refractivity contribution in [2.45, 2.75) is 53.3 Å². The third-order valence-corrected chi connectivity index (χ3v) is 17.3. The molecule has 3 aromatic carbocycles. The first kappa shape index (κ1) is 25.6. The second-order valence-corrected chi connectivity index (χ2v) is 24.3. The summed E-state index contributed by atoms with van der Waals surface area (Å²) in [6.07, 6.45) is -0.254. The van der Waals surface area contributed by atoms with Crippen LogP contribution < -0.4 is 0 Å². The minimum atomic E-state index is -1.42. The molecule has 1 N–H and O–H groups in total. The van der Waals surface area contributed by atoms with Crippen molar-refractivity contribution in [2.75, 3.05) is 0 Å². The molecule has 0 heterocycles. The van der Waals surface area contributed by atoms with Gasteiger partial charge in [0, 0.05) is 0 Å². The van der Waals surface area contributed by atoms with Crippen molar-refractivity contribution in [1.29, 1.82) is 0 Å². The van der Waals surface area contributed by atoms with Crippen LogP contribution in [0, 0.1) is 13.8 Å². The molecule has 152 valence electrons. The quantitative estimate of drug-likeness (QED) is 0.252. The van der Waals surface area contributed by atoms with Crippen LogP contribution in [0.15, 0.2) is 54.6 Å². The second-order valence-electron chi connectivity index (χ2n) is 8.22. The fourth-order valence-corrected chi connectivity index (χ4v) is 2.37. The van der Waals surface area contributed by atoms with E-state index in [1.807, 2.05) is 20.8 Å². The first-order valence-corrected chi connectivity index (χ1v) is 18.5. The van der Waals surface area contributed by atoms with E-state index in [-0.39, 0.29) is 11.7 Å². The van der Waals surface area contributed by atoms with Gasteiger partial charge in [-0.25, -0.2) is 0 Å². The maximum absolute atomic E-state index is 6.94. The van der Waals surface area contributed by atoms with Crippen molar-refractivity contribution in [3.8, 4) is 11.1 Å². The Morgan fingerprint density at radius 2 is 1.46 bits per heavy atom. The molecule has 0 aliphatic heterocycles. The van der Waals surface area contributed by atoms with E-state index < -0.39 is 14.5 Å². The summed E-state index contributed by atoms with van der Waals surface area (Å²) in [6.45, 7) is 14.1. The third-order valence-electron chi connectivity index (χ3n) is 3.64. The van der Waals surface area contributed by atoms with Gasteiger partial charge in [-0.3, -0.25) is 0 Å². The van der Waals surface area contributed by atoms with Crippen molar-refractivity contribution in [1.82, 2.24) is 0 Å². The first-order valence-electron chi connectivity index (χ1n) is 9.35. The van der Waals surface area contributed by atoms with E-state index in [4.69, 9.17) is 24.3 Å². The van der Waals surface area contributed by atoms with Gasteiger partial charge in [-0.1, -0.05) is 69.2 Å². The molecule has 0 amide bonds. The summed E-state index contributed by atoms with van der Waals surface area (Å²) in [5.74, 6) is 0. The van der Waals surface area contributed by atoms with Gasteiger partial charge in [-0.05, 0) is 12.5 Å². The van der Waals surface area contributed by atoms with Crippen LogP contribution in [-0.2, 0) is 14.5 Å². The first-order chi connectivity index (χ1) is 12.9. The summed E-state index contributed by atoms with van der Waals surface area (Å²) in [7, 11) is 11.2. The molecule has 0 aliphatic rings. The van der Waals surface area contributed by atoms with Crippen LogP contribution in [0.3, 0.4) is 0 Å². The number of hydrogen-bond acceptors (Lipinski definition) is 0. The number of halogens is 2. The van der Waals surface area contributed by atoms with Crippen LogP contribution in [0.4, 0.5) is 0 Å². The molecule has 0 saturated carbocycles. The van der Waals surface area contributed by atoms with Gasteiger partial charge in [0.15, 0.2) is 0 Å². The number of fused-ring (bicyclic) bond motifs is 1. The molecule has 0 unspecified atom stereocenters. The van der Waals surface area contributed by atoms with Gasteiger partial charge in [0.25, 0.3) is 0 Å². The van der Waals surface area contributed by atoms with Crippen molar-refractivity contribution >= 4 is 35.6 Å². The van der Waals surface area contributed by atoms with Crippen LogP contribution in [0.1, 0.15) is 31.9 Å². The van der Waals surface area contributed by atoms with Gasteiger partial charge in [-0.15, -0.1) is 40.1 Å². The summed E-state index contributed by atoms with van der Waals surface area (Å²) in [5, 5.41) is 2.69. The Balaban J connectivity index is 0.000000298. The SMILES string of the molecule is CC(C)(C)[NH-].C[Si](C)=[Ti]([Cl])[Cl].Cc1ccc(-c2cccc3[cH-]c(C)cc23)cc1. The molecule has 0 aliphatic carbocycles. The van der Waals surface area contributed by atoms with Gasteiger partial charge >= 0.3 is 52.4 Å². The Morgan fingerprint density at radius 1 is 0.964 bits per heavy atom. The van der Waals surface area contributed by atoms with E-state index in [9.17, 15) is 0 Å². The molecular weight excluding hydrogens is 437 g/mol. The van der Waals surface area contributed by atoms with Gasteiger partial charge in [0.05, 0.1) is 0 Å². The molecule has 1 nitrogen and oxygen atoms in total. The maximum Gasteiger partial charge on any atom is -0.0279 e. The van der Waals surface area contributed by atoms with Gasteiger partial charge in [0.1, 0.15) is 0 Å². The third kappa shape index (κ3) is 9.82. The normalized spacial score (nSPS) is 10.5. The minimum Gasteiger partial charge on any atom is -0.165 e. The molecule has 0 radical (unpaired) electrons. The molecule has 3 rings (SSSR count). The predicted molar refractivity (Wildman–Crippen MR) is 128 cm³/mol. The molecule has 5 heteroatoms. The van der Waals surface area contributed by atoms with Crippen LogP contribution in [-0.4, -0.2) is 11.7 Å². The van der Waals surface area contributed by atoms with Crippen LogP contribution >= 0.6 is 18.6 Å². The molecule has 0 fully saturated rings. The molecule has 28 heavy (non-hydrogen) atoms. The maximum atomic E-state index is 6.94. The van der Waals surface area contributed by atoms with Crippen molar-refractivity contribution < 1.29 is 14.5 Å². The molecular formula is C23H31Cl2NSiTi-2. The van der Waals surface area contributed by atoms with Gasteiger partial charge in [-0.2, -0.15) is 6.07 Å². The molecule has 0 atom stereocenters. The van der Waals surface area contributed by atoms with Crippen molar-refractivity contribution in [3.05, 3.63) is 71.5 Å². The Hall–Kier alpha value is -0.479. The van der Waals surface area contributed by atoms with Crippen molar-refractivity contribution in [2.24, 2.45) is 0 Å². The van der Waals surface area contributed by atoms with E-state index in [2.05, 4.69) is 81.5 Å². The predicted octanol–water partition coefficient (Wildman–Crippen LogP) is 8.84. The zero-order valence-electron chi connectivity index (χ0n) is 18.0. The fraction of sp³-hybridized carbons (Fsp3) is 0.348. The summed E-state index contributed by atoms with van der Waals surface area (Å²) in [4.78, 5) is 0. The summed E-state index contributed by atoms with van der Waals surface area (Å²) < 4.78 is 0. The monoisotopic (exact) mass is 467 g/mol. The molecule has 0 bridgehead atoms. The largest absolute Gasteiger partial charge is 0.165 e. The van der Waals surface area contributed by atoms with Crippen LogP contribution in [0.5, 0.6) is 0 Å². The number of rotatable bonds is 1. The van der Waals surface area contributed by atoms with E-state index >= 15 is 0 Å². The number of hydrogen-bond donors (Lipinski definition) is 0. The number of aryl methyl sites for hydroxylation is 2. The smallest absolute Gasteiger partial charge is 0.0279 e.